The van der Waals surface area contributed by atoms with Gasteiger partial charge in [0.2, 0.25) is 5.91 Å². The van der Waals surface area contributed by atoms with E-state index in [2.05, 4.69) is 34.0 Å². The van der Waals surface area contributed by atoms with Crippen LogP contribution in [0.5, 0.6) is 0 Å². The SMILES string of the molecule is CC(C)N1Cc2[nH]cnc2C[C@H]1C(=O)NC1CCCCC1. The normalized spacial score (nSPS) is 24.0. The van der Waals surface area contributed by atoms with Gasteiger partial charge in [-0.1, -0.05) is 19.3 Å². The number of carbonyl (C=O) groups is 1. The number of aromatic nitrogens is 2. The van der Waals surface area contributed by atoms with Crippen LogP contribution >= 0.6 is 0 Å². The highest BCUT2D eigenvalue weighted by molar-refractivity contribution is 5.82. The molecular weight excluding hydrogens is 264 g/mol. The molecule has 2 N–H and O–H groups in total. The highest BCUT2D eigenvalue weighted by Crippen LogP contribution is 2.24. The van der Waals surface area contributed by atoms with Gasteiger partial charge in [0.05, 0.1) is 23.8 Å². The zero-order valence-electron chi connectivity index (χ0n) is 13.1. The van der Waals surface area contributed by atoms with Gasteiger partial charge in [-0.2, -0.15) is 0 Å². The van der Waals surface area contributed by atoms with Gasteiger partial charge in [0.1, 0.15) is 0 Å². The number of rotatable bonds is 3. The zero-order chi connectivity index (χ0) is 14.8. The van der Waals surface area contributed by atoms with Gasteiger partial charge in [-0.3, -0.25) is 9.69 Å². The van der Waals surface area contributed by atoms with Crippen LogP contribution in [0.3, 0.4) is 0 Å². The van der Waals surface area contributed by atoms with Gasteiger partial charge < -0.3 is 10.3 Å². The lowest BCUT2D eigenvalue weighted by atomic mass is 9.94. The number of H-pyrrole nitrogens is 1. The molecule has 0 saturated heterocycles. The molecule has 0 radical (unpaired) electrons. The summed E-state index contributed by atoms with van der Waals surface area (Å²) in [6.07, 6.45) is 8.52. The Bertz CT molecular complexity index is 490. The molecule has 1 saturated carbocycles. The first-order valence-electron chi connectivity index (χ1n) is 8.22. The third-order valence-electron chi connectivity index (χ3n) is 4.85. The number of imidazole rings is 1. The Hall–Kier alpha value is -1.36. The van der Waals surface area contributed by atoms with Crippen molar-refractivity contribution in [1.29, 1.82) is 0 Å². The molecule has 1 aromatic rings. The molecule has 0 aromatic carbocycles. The monoisotopic (exact) mass is 290 g/mol. The summed E-state index contributed by atoms with van der Waals surface area (Å²) in [5.41, 5.74) is 2.21. The van der Waals surface area contributed by atoms with Crippen LogP contribution in [0.4, 0.5) is 0 Å². The fourth-order valence-corrected chi connectivity index (χ4v) is 3.59. The molecule has 21 heavy (non-hydrogen) atoms. The van der Waals surface area contributed by atoms with E-state index in [1.807, 2.05) is 0 Å². The van der Waals surface area contributed by atoms with Crippen molar-refractivity contribution in [1.82, 2.24) is 20.2 Å². The molecule has 5 nitrogen and oxygen atoms in total. The number of nitrogens with zero attached hydrogens (tertiary/aromatic N) is 2. The maximum absolute atomic E-state index is 12.7. The van der Waals surface area contributed by atoms with E-state index in [1.54, 1.807) is 6.33 Å². The molecule has 1 aliphatic heterocycles. The Labute approximate surface area is 126 Å². The molecule has 1 amide bonds. The molecule has 1 aromatic heterocycles. The van der Waals surface area contributed by atoms with Gasteiger partial charge in [0.25, 0.3) is 0 Å². The fraction of sp³-hybridized carbons (Fsp3) is 0.750. The van der Waals surface area contributed by atoms with Crippen LogP contribution in [-0.4, -0.2) is 38.9 Å². The van der Waals surface area contributed by atoms with E-state index in [0.29, 0.717) is 12.1 Å². The molecule has 2 heterocycles. The van der Waals surface area contributed by atoms with Gasteiger partial charge in [-0.25, -0.2) is 4.98 Å². The molecule has 3 rings (SSSR count). The number of aromatic amines is 1. The summed E-state index contributed by atoms with van der Waals surface area (Å²) >= 11 is 0. The van der Waals surface area contributed by atoms with Crippen molar-refractivity contribution < 1.29 is 4.79 Å². The predicted octanol–water partition coefficient (Wildman–Crippen LogP) is 1.99. The number of fused-ring (bicyclic) bond motifs is 1. The second-order valence-electron chi connectivity index (χ2n) is 6.66. The largest absolute Gasteiger partial charge is 0.352 e. The van der Waals surface area contributed by atoms with Gasteiger partial charge in [-0.15, -0.1) is 0 Å². The van der Waals surface area contributed by atoms with Crippen LogP contribution in [0.2, 0.25) is 0 Å². The van der Waals surface area contributed by atoms with Crippen molar-refractivity contribution in [3.05, 3.63) is 17.7 Å². The first kappa shape index (κ1) is 14.6. The van der Waals surface area contributed by atoms with E-state index < -0.39 is 0 Å². The summed E-state index contributed by atoms with van der Waals surface area (Å²) in [6, 6.07) is 0.645. The highest BCUT2D eigenvalue weighted by atomic mass is 16.2. The molecule has 0 bridgehead atoms. The average molecular weight is 290 g/mol. The topological polar surface area (TPSA) is 61.0 Å². The van der Waals surface area contributed by atoms with E-state index in [1.165, 1.54) is 19.3 Å². The van der Waals surface area contributed by atoms with Crippen LogP contribution in [0.1, 0.15) is 57.3 Å². The quantitative estimate of drug-likeness (QED) is 0.895. The lowest BCUT2D eigenvalue weighted by Gasteiger charge is -2.38. The molecule has 0 spiro atoms. The van der Waals surface area contributed by atoms with Crippen molar-refractivity contribution in [2.24, 2.45) is 0 Å². The average Bonchev–Trinajstić information content (AvgIpc) is 2.94. The summed E-state index contributed by atoms with van der Waals surface area (Å²) in [6.45, 7) is 5.10. The van der Waals surface area contributed by atoms with Crippen LogP contribution < -0.4 is 5.32 Å². The highest BCUT2D eigenvalue weighted by Gasteiger charge is 2.35. The smallest absolute Gasteiger partial charge is 0.238 e. The summed E-state index contributed by atoms with van der Waals surface area (Å²) in [5, 5.41) is 3.28. The summed E-state index contributed by atoms with van der Waals surface area (Å²) in [4.78, 5) is 22.6. The number of hydrogen-bond acceptors (Lipinski definition) is 3. The van der Waals surface area contributed by atoms with Gasteiger partial charge in [-0.05, 0) is 26.7 Å². The van der Waals surface area contributed by atoms with Crippen LogP contribution in [0.15, 0.2) is 6.33 Å². The third-order valence-corrected chi connectivity index (χ3v) is 4.85. The van der Waals surface area contributed by atoms with Crippen LogP contribution in [-0.2, 0) is 17.8 Å². The number of nitrogens with one attached hydrogen (secondary N) is 2. The van der Waals surface area contributed by atoms with Gasteiger partial charge >= 0.3 is 0 Å². The summed E-state index contributed by atoms with van der Waals surface area (Å²) in [7, 11) is 0. The number of hydrogen-bond donors (Lipinski definition) is 2. The summed E-state index contributed by atoms with van der Waals surface area (Å²) in [5.74, 6) is 0.184. The minimum atomic E-state index is -0.0808. The lowest BCUT2D eigenvalue weighted by molar-refractivity contribution is -0.128. The maximum Gasteiger partial charge on any atom is 0.238 e. The van der Waals surface area contributed by atoms with E-state index in [9.17, 15) is 4.79 Å². The van der Waals surface area contributed by atoms with Crippen LogP contribution in [0, 0.1) is 0 Å². The fourth-order valence-electron chi connectivity index (χ4n) is 3.59. The van der Waals surface area contributed by atoms with Crippen molar-refractivity contribution in [3.63, 3.8) is 0 Å². The van der Waals surface area contributed by atoms with E-state index in [0.717, 1.165) is 37.2 Å². The Morgan fingerprint density at radius 2 is 2.14 bits per heavy atom. The second kappa shape index (κ2) is 6.18. The van der Waals surface area contributed by atoms with E-state index in [-0.39, 0.29) is 11.9 Å². The predicted molar refractivity (Wildman–Crippen MR) is 81.8 cm³/mol. The minimum Gasteiger partial charge on any atom is -0.352 e. The van der Waals surface area contributed by atoms with E-state index >= 15 is 0 Å². The Morgan fingerprint density at radius 1 is 1.38 bits per heavy atom. The Balaban J connectivity index is 1.70. The van der Waals surface area contributed by atoms with Crippen molar-refractivity contribution in [2.45, 2.75) is 77.0 Å². The Kier molecular flexibility index (Phi) is 4.29. The molecule has 0 unspecified atom stereocenters. The van der Waals surface area contributed by atoms with Crippen molar-refractivity contribution in [2.75, 3.05) is 0 Å². The molecule has 1 aliphatic carbocycles. The van der Waals surface area contributed by atoms with E-state index in [4.69, 9.17) is 0 Å². The number of amides is 1. The molecule has 1 fully saturated rings. The molecular formula is C16H26N4O. The van der Waals surface area contributed by atoms with Crippen LogP contribution in [0.25, 0.3) is 0 Å². The second-order valence-corrected chi connectivity index (χ2v) is 6.66. The van der Waals surface area contributed by atoms with Crippen molar-refractivity contribution >= 4 is 5.91 Å². The van der Waals surface area contributed by atoms with Gasteiger partial charge in [0, 0.05) is 25.0 Å². The third kappa shape index (κ3) is 3.12. The molecule has 5 heteroatoms. The standard InChI is InChI=1S/C16H26N4O/c1-11(2)20-9-14-13(17-10-18-14)8-15(20)16(21)19-12-6-4-3-5-7-12/h10-12,15H,3-9H2,1-2H3,(H,17,18)(H,19,21)/t15-/m0/s1. The number of carbonyl (C=O) groups excluding carboxylic acids is 1. The Morgan fingerprint density at radius 3 is 2.86 bits per heavy atom. The lowest BCUT2D eigenvalue weighted by Crippen LogP contribution is -2.54. The van der Waals surface area contributed by atoms with Gasteiger partial charge in [0.15, 0.2) is 0 Å². The maximum atomic E-state index is 12.7. The van der Waals surface area contributed by atoms with Crippen molar-refractivity contribution in [3.8, 4) is 0 Å². The first-order chi connectivity index (χ1) is 10.1. The minimum absolute atomic E-state index is 0.0808. The zero-order valence-corrected chi connectivity index (χ0v) is 13.1. The first-order valence-corrected chi connectivity index (χ1v) is 8.22. The molecule has 1 atom stereocenters. The summed E-state index contributed by atoms with van der Waals surface area (Å²) < 4.78 is 0. The molecule has 116 valence electrons. The molecule has 2 aliphatic rings.